The molecule has 0 bridgehead atoms. The zero-order valence-corrected chi connectivity index (χ0v) is 8.69. The van der Waals surface area contributed by atoms with Crippen molar-refractivity contribution < 1.29 is 9.90 Å². The van der Waals surface area contributed by atoms with Crippen molar-refractivity contribution in [2.45, 2.75) is 0 Å². The molecule has 42 valence electrons. The Labute approximate surface area is 55.6 Å². The average Bonchev–Trinajstić information content (AvgIpc) is 2.12. The van der Waals surface area contributed by atoms with Gasteiger partial charge in [-0.3, -0.25) is 0 Å². The summed E-state index contributed by atoms with van der Waals surface area (Å²) < 4.78 is 2.79. The first-order chi connectivity index (χ1) is 3.80. The van der Waals surface area contributed by atoms with Crippen molar-refractivity contribution in [1.29, 1.82) is 0 Å². The van der Waals surface area contributed by atoms with E-state index in [1.165, 1.54) is 0 Å². The Hall–Kier alpha value is -0.128. The van der Waals surface area contributed by atoms with Crippen LogP contribution in [0.15, 0.2) is 19.4 Å². The first-order valence-electron chi connectivity index (χ1n) is 2.36. The van der Waals surface area contributed by atoms with Crippen LogP contribution in [0, 0.1) is 0 Å². The van der Waals surface area contributed by atoms with Gasteiger partial charge in [-0.05, 0) is 0 Å². The summed E-state index contributed by atoms with van der Waals surface area (Å²) in [6.07, 6.45) is 3.59. The van der Waals surface area contributed by atoms with Crippen LogP contribution < -0.4 is 5.11 Å². The zero-order chi connectivity index (χ0) is 5.98. The summed E-state index contributed by atoms with van der Waals surface area (Å²) in [4.78, 5) is 10.1. The van der Waals surface area contributed by atoms with Gasteiger partial charge in [-0.25, -0.2) is 0 Å². The molecule has 1 heterocycles. The Morgan fingerprint density at radius 3 is 2.12 bits per heavy atom. The maximum atomic E-state index is 10.1. The molecule has 0 amide bonds. The summed E-state index contributed by atoms with van der Waals surface area (Å²) in [6, 6.07) is 0. The maximum absolute atomic E-state index is 10.1. The molecule has 0 unspecified atom stereocenters. The number of allylic oxidation sites excluding steroid dienone is 2. The van der Waals surface area contributed by atoms with Crippen molar-refractivity contribution in [3.05, 3.63) is 19.4 Å². The van der Waals surface area contributed by atoms with Gasteiger partial charge in [-0.1, -0.05) is 0 Å². The molecule has 0 saturated carbocycles. The van der Waals surface area contributed by atoms with Gasteiger partial charge in [-0.2, -0.15) is 0 Å². The molecule has 1 aliphatic rings. The van der Waals surface area contributed by atoms with Gasteiger partial charge in [0.25, 0.3) is 0 Å². The second-order valence-corrected chi connectivity index (χ2v) is 10.5. The van der Waals surface area contributed by atoms with Crippen LogP contribution in [0.3, 0.4) is 0 Å². The molecule has 8 heavy (non-hydrogen) atoms. The van der Waals surface area contributed by atoms with E-state index < -0.39 is 26.2 Å². The monoisotopic (exact) mass is 305 g/mol. The zero-order valence-electron chi connectivity index (χ0n) is 4.20. The van der Waals surface area contributed by atoms with E-state index in [9.17, 15) is 9.90 Å². The van der Waals surface area contributed by atoms with E-state index in [-0.39, 0.29) is 0 Å². The summed E-state index contributed by atoms with van der Waals surface area (Å²) in [7, 11) is 0. The molecule has 0 N–H and O–H groups in total. The molecule has 0 fully saturated rings. The molecule has 0 aromatic rings. The van der Waals surface area contributed by atoms with Crippen LogP contribution in [-0.4, -0.2) is 26.2 Å². The SMILES string of the molecule is O=[C]([O-])[PbH]1[CH]=CC=[CH]1. The van der Waals surface area contributed by atoms with Crippen molar-refractivity contribution in [3.63, 3.8) is 0 Å². The Morgan fingerprint density at radius 1 is 1.38 bits per heavy atom. The predicted octanol–water partition coefficient (Wildman–Crippen LogP) is -0.657. The van der Waals surface area contributed by atoms with Crippen LogP contribution in [0.25, 0.3) is 0 Å². The fourth-order valence-corrected chi connectivity index (χ4v) is 5.17. The van der Waals surface area contributed by atoms with Crippen LogP contribution >= 0.6 is 0 Å². The number of carboxylic acid groups (broad SMARTS) is 1. The molecule has 0 atom stereocenters. The Bertz CT molecular complexity index is 148. The molecule has 0 spiro atoms. The number of hydrogen-bond acceptors (Lipinski definition) is 2. The van der Waals surface area contributed by atoms with Crippen molar-refractivity contribution in [2.24, 2.45) is 0 Å². The van der Waals surface area contributed by atoms with E-state index in [0.717, 1.165) is 0 Å². The van der Waals surface area contributed by atoms with Crippen molar-refractivity contribution in [1.82, 2.24) is 0 Å². The van der Waals surface area contributed by atoms with Crippen molar-refractivity contribution in [3.8, 4) is 0 Å². The summed E-state index contributed by atoms with van der Waals surface area (Å²) in [5.41, 5.74) is 0. The normalized spacial score (nSPS) is 17.5. The van der Waals surface area contributed by atoms with Crippen LogP contribution in [0.5, 0.6) is 0 Å². The van der Waals surface area contributed by atoms with Gasteiger partial charge in [-0.15, -0.1) is 0 Å². The molecule has 0 aromatic carbocycles. The molecule has 0 radical (unpaired) electrons. The third-order valence-corrected chi connectivity index (χ3v) is 8.09. The molecule has 0 aromatic heterocycles. The molecule has 1 rings (SSSR count). The molecular formula is C5H5O2Pb-. The standard InChI is InChI=1S/C4H4.CO2.Pb.H/c1-3-4-2;2-1-3;;/h1-4H;;;/q;-1;;. The number of carbonyl (C=O) groups is 1. The second-order valence-electron chi connectivity index (χ2n) is 1.61. The fourth-order valence-electron chi connectivity index (χ4n) is 0.589. The van der Waals surface area contributed by atoms with Gasteiger partial charge in [0.2, 0.25) is 0 Å². The number of hydrogen-bond donors (Lipinski definition) is 0. The minimum absolute atomic E-state index is 0.810. The van der Waals surface area contributed by atoms with Crippen LogP contribution in [0.1, 0.15) is 0 Å². The third kappa shape index (κ3) is 1.18. The van der Waals surface area contributed by atoms with Crippen molar-refractivity contribution in [2.75, 3.05) is 0 Å². The van der Waals surface area contributed by atoms with Crippen LogP contribution in [0.4, 0.5) is 4.79 Å². The fraction of sp³-hybridized carbons (Fsp3) is 0. The van der Waals surface area contributed by atoms with Crippen LogP contribution in [0.2, 0.25) is 0 Å². The first-order valence-corrected chi connectivity index (χ1v) is 9.79. The second kappa shape index (κ2) is 2.43. The first kappa shape index (κ1) is 6.00. The van der Waals surface area contributed by atoms with Gasteiger partial charge >= 0.3 is 55.6 Å². The Balaban J connectivity index is 2.62. The third-order valence-electron chi connectivity index (χ3n) is 1.02. The van der Waals surface area contributed by atoms with E-state index in [1.54, 1.807) is 19.4 Å². The topological polar surface area (TPSA) is 40.1 Å². The van der Waals surface area contributed by atoms with Gasteiger partial charge in [0.05, 0.1) is 0 Å². The minimum atomic E-state index is -2.44. The molecule has 3 heteroatoms. The Kier molecular flexibility index (Phi) is 1.82. The summed E-state index contributed by atoms with van der Waals surface area (Å²) in [5.74, 6) is 0. The van der Waals surface area contributed by atoms with Gasteiger partial charge < -0.3 is 0 Å². The molecule has 0 aliphatic carbocycles. The summed E-state index contributed by atoms with van der Waals surface area (Å²) in [6.45, 7) is 0. The number of rotatable bonds is 1. The van der Waals surface area contributed by atoms with E-state index in [0.29, 0.717) is 0 Å². The quantitative estimate of drug-likeness (QED) is 0.604. The average molecular weight is 304 g/mol. The van der Waals surface area contributed by atoms with E-state index in [4.69, 9.17) is 0 Å². The molecule has 0 saturated heterocycles. The van der Waals surface area contributed by atoms with E-state index in [2.05, 4.69) is 0 Å². The van der Waals surface area contributed by atoms with Gasteiger partial charge in [0.15, 0.2) is 0 Å². The molecular weight excluding hydrogens is 299 g/mol. The predicted molar refractivity (Wildman–Crippen MR) is 30.8 cm³/mol. The molecule has 1 aliphatic heterocycles. The Morgan fingerprint density at radius 2 is 1.88 bits per heavy atom. The summed E-state index contributed by atoms with van der Waals surface area (Å²) in [5, 5.41) is 10.1. The van der Waals surface area contributed by atoms with E-state index in [1.807, 2.05) is 0 Å². The van der Waals surface area contributed by atoms with E-state index >= 15 is 0 Å². The molecule has 2 nitrogen and oxygen atoms in total. The number of carbonyl (C=O) groups excluding carboxylic acids is 1. The van der Waals surface area contributed by atoms with Gasteiger partial charge in [0.1, 0.15) is 0 Å². The summed E-state index contributed by atoms with van der Waals surface area (Å²) >= 11 is -2.44. The van der Waals surface area contributed by atoms with Crippen molar-refractivity contribution >= 4 is 26.2 Å². The van der Waals surface area contributed by atoms with Gasteiger partial charge in [0, 0.05) is 0 Å². The van der Waals surface area contributed by atoms with Crippen LogP contribution in [-0.2, 0) is 0 Å².